The molecule has 0 saturated heterocycles. The molecule has 0 aliphatic rings. The van der Waals surface area contributed by atoms with Gasteiger partial charge in [-0.2, -0.15) is 0 Å². The molecule has 0 saturated carbocycles. The van der Waals surface area contributed by atoms with Gasteiger partial charge < -0.3 is 28.5 Å². The Morgan fingerprint density at radius 1 is 0.392 bits per heavy atom. The minimum atomic E-state index is -1.51. The van der Waals surface area contributed by atoms with E-state index in [1.165, 1.54) is 205 Å². The normalized spacial score (nSPS) is 13.1. The van der Waals surface area contributed by atoms with Crippen molar-refractivity contribution in [3.63, 3.8) is 0 Å². The molecule has 0 aromatic carbocycles. The van der Waals surface area contributed by atoms with Crippen LogP contribution in [0.4, 0.5) is 0 Å². The topological polar surface area (TPSA) is 108 Å². The lowest BCUT2D eigenvalue weighted by Gasteiger charge is -2.25. The van der Waals surface area contributed by atoms with Gasteiger partial charge in [-0.3, -0.25) is 9.59 Å². The first kappa shape index (κ1) is 76.0. The third-order valence-corrected chi connectivity index (χ3v) is 14.8. The third kappa shape index (κ3) is 62.4. The molecule has 9 heteroatoms. The van der Waals surface area contributed by atoms with Crippen LogP contribution in [0, 0.1) is 0 Å². The molecule has 1 N–H and O–H groups in total. The monoisotopic (exact) mass is 1110 g/mol. The molecule has 0 fully saturated rings. The van der Waals surface area contributed by atoms with Gasteiger partial charge in [-0.25, -0.2) is 4.79 Å². The van der Waals surface area contributed by atoms with Crippen LogP contribution in [0.25, 0.3) is 0 Å². The van der Waals surface area contributed by atoms with E-state index < -0.39 is 24.3 Å². The van der Waals surface area contributed by atoms with Crippen LogP contribution in [0.15, 0.2) is 60.8 Å². The predicted octanol–water partition coefficient (Wildman–Crippen LogP) is 20.4. The number of allylic oxidation sites excluding steroid dienone is 10. The van der Waals surface area contributed by atoms with Gasteiger partial charge in [0.05, 0.1) is 34.4 Å². The molecule has 0 radical (unpaired) electrons. The summed E-state index contributed by atoms with van der Waals surface area (Å²) in [5, 5.41) is 9.73. The number of carboxylic acid groups (broad SMARTS) is 1. The number of carboxylic acids is 1. The first-order valence-corrected chi connectivity index (χ1v) is 33.5. The number of likely N-dealkylation sites (N-methyl/N-ethyl adjacent to an activating group) is 1. The SMILES string of the molecule is CC/C=C\C/C=C\C/C=C\C/C=C\CCCCCCCCCCC(=O)OC(COC(=O)CCCCCCCCCCCCCCCCCCCCCCC/C=C\CCCCCCCCCC)COC(OCC[N+](C)(C)C)C(=O)O. The first-order valence-electron chi connectivity index (χ1n) is 33.5. The van der Waals surface area contributed by atoms with Crippen molar-refractivity contribution in [3.8, 4) is 0 Å². The first-order chi connectivity index (χ1) is 38.6. The molecule has 0 amide bonds. The van der Waals surface area contributed by atoms with Gasteiger partial charge in [0.15, 0.2) is 6.10 Å². The highest BCUT2D eigenvalue weighted by Crippen LogP contribution is 2.18. The number of hydrogen-bond acceptors (Lipinski definition) is 7. The summed E-state index contributed by atoms with van der Waals surface area (Å²) in [6.07, 6.45) is 76.2. The Hall–Kier alpha value is -3.01. The fourth-order valence-electron chi connectivity index (χ4n) is 9.65. The summed E-state index contributed by atoms with van der Waals surface area (Å²) in [7, 11) is 5.97. The van der Waals surface area contributed by atoms with Gasteiger partial charge >= 0.3 is 17.9 Å². The second-order valence-corrected chi connectivity index (χ2v) is 23.7. The average Bonchev–Trinajstić information content (AvgIpc) is 3.42. The number of carbonyl (C=O) groups excluding carboxylic acids is 2. The van der Waals surface area contributed by atoms with Crippen LogP contribution in [0.5, 0.6) is 0 Å². The summed E-state index contributed by atoms with van der Waals surface area (Å²) in [5.74, 6) is -2.00. The molecule has 9 nitrogen and oxygen atoms in total. The maximum Gasteiger partial charge on any atom is 0.361 e. The zero-order chi connectivity index (χ0) is 57.6. The van der Waals surface area contributed by atoms with Crippen molar-refractivity contribution in [1.29, 1.82) is 0 Å². The number of unbranched alkanes of at least 4 members (excludes halogenated alkanes) is 37. The Kier molecular flexibility index (Phi) is 58.7. The lowest BCUT2D eigenvalue weighted by atomic mass is 10.0. The number of nitrogens with zero attached hydrogens (tertiary/aromatic N) is 1. The fourth-order valence-corrected chi connectivity index (χ4v) is 9.65. The van der Waals surface area contributed by atoms with Crippen LogP contribution in [0.1, 0.15) is 309 Å². The number of esters is 2. The highest BCUT2D eigenvalue weighted by molar-refractivity contribution is 5.71. The van der Waals surface area contributed by atoms with Crippen LogP contribution >= 0.6 is 0 Å². The van der Waals surface area contributed by atoms with Gasteiger partial charge in [-0.15, -0.1) is 0 Å². The average molecular weight is 1110 g/mol. The molecule has 2 atom stereocenters. The highest BCUT2D eigenvalue weighted by Gasteiger charge is 2.25. The van der Waals surface area contributed by atoms with Gasteiger partial charge in [-0.1, -0.05) is 280 Å². The van der Waals surface area contributed by atoms with Crippen molar-refractivity contribution in [2.75, 3.05) is 47.5 Å². The van der Waals surface area contributed by atoms with E-state index >= 15 is 0 Å². The van der Waals surface area contributed by atoms with Gasteiger partial charge in [0.1, 0.15) is 13.2 Å². The molecule has 0 aliphatic heterocycles. The van der Waals surface area contributed by atoms with E-state index in [0.717, 1.165) is 70.6 Å². The van der Waals surface area contributed by atoms with E-state index in [1.807, 2.05) is 21.1 Å². The van der Waals surface area contributed by atoms with Crippen molar-refractivity contribution in [2.45, 2.75) is 322 Å². The predicted molar refractivity (Wildman–Crippen MR) is 336 cm³/mol. The van der Waals surface area contributed by atoms with Crippen LogP contribution in [0.3, 0.4) is 0 Å². The molecule has 2 unspecified atom stereocenters. The Labute approximate surface area is 488 Å². The maximum atomic E-state index is 12.9. The second kappa shape index (κ2) is 61.1. The minimum absolute atomic E-state index is 0.184. The molecular weight excluding hydrogens is 983 g/mol. The Bertz CT molecular complexity index is 1480. The molecular formula is C70H128NO8+. The number of rotatable bonds is 62. The lowest BCUT2D eigenvalue weighted by molar-refractivity contribution is -0.870. The van der Waals surface area contributed by atoms with Crippen LogP contribution in [0.2, 0.25) is 0 Å². The second-order valence-electron chi connectivity index (χ2n) is 23.7. The lowest BCUT2D eigenvalue weighted by Crippen LogP contribution is -2.40. The molecule has 0 bridgehead atoms. The summed E-state index contributed by atoms with van der Waals surface area (Å²) in [4.78, 5) is 37.5. The molecule has 0 heterocycles. The standard InChI is InChI=1S/C70H127NO8/c1-6-8-10-12-14-16-18-20-22-24-26-28-29-30-31-32-33-34-35-36-37-38-39-41-42-44-46-48-50-52-54-56-58-60-67(72)77-64-66(65-78-70(69(74)75)76-63-62-71(3,4)5)79-68(73)61-59-57-55-53-51-49-47-45-43-40-27-25-23-21-19-17-15-13-11-9-7-2/h9,11,15,17,21,23-24,26-27,40,66,70H,6-8,10,12-14,16,18-20,22,25,28-39,41-65H2,1-5H3/p+1/b11-9-,17-15-,23-21-,26-24-,40-27-. The third-order valence-electron chi connectivity index (χ3n) is 14.8. The summed E-state index contributed by atoms with van der Waals surface area (Å²) >= 11 is 0. The van der Waals surface area contributed by atoms with Crippen LogP contribution < -0.4 is 0 Å². The van der Waals surface area contributed by atoms with E-state index in [0.29, 0.717) is 23.9 Å². The van der Waals surface area contributed by atoms with Crippen molar-refractivity contribution in [2.24, 2.45) is 0 Å². The van der Waals surface area contributed by atoms with E-state index in [1.54, 1.807) is 0 Å². The number of aliphatic carboxylic acids is 1. The Balaban J connectivity index is 4.07. The van der Waals surface area contributed by atoms with E-state index in [9.17, 15) is 19.5 Å². The largest absolute Gasteiger partial charge is 0.477 e. The van der Waals surface area contributed by atoms with Gasteiger partial charge in [-0.05, 0) is 77.0 Å². The van der Waals surface area contributed by atoms with Crippen molar-refractivity contribution in [1.82, 2.24) is 0 Å². The van der Waals surface area contributed by atoms with Gasteiger partial charge in [0, 0.05) is 12.8 Å². The number of ether oxygens (including phenoxy) is 4. The molecule has 0 aliphatic carbocycles. The van der Waals surface area contributed by atoms with Crippen LogP contribution in [-0.2, 0) is 33.3 Å². The quantitative estimate of drug-likeness (QED) is 0.0211. The van der Waals surface area contributed by atoms with Crippen molar-refractivity contribution < 1.29 is 42.9 Å². The van der Waals surface area contributed by atoms with E-state index in [-0.39, 0.29) is 32.2 Å². The summed E-state index contributed by atoms with van der Waals surface area (Å²) in [6.45, 7) is 4.79. The van der Waals surface area contributed by atoms with Crippen LogP contribution in [-0.4, -0.2) is 87.4 Å². The van der Waals surface area contributed by atoms with E-state index in [4.69, 9.17) is 18.9 Å². The molecule has 0 aromatic heterocycles. The summed E-state index contributed by atoms with van der Waals surface area (Å²) in [5.41, 5.74) is 0. The Morgan fingerprint density at radius 2 is 0.722 bits per heavy atom. The smallest absolute Gasteiger partial charge is 0.361 e. The highest BCUT2D eigenvalue weighted by atomic mass is 16.7. The Morgan fingerprint density at radius 3 is 1.09 bits per heavy atom. The summed E-state index contributed by atoms with van der Waals surface area (Å²) in [6, 6.07) is 0. The molecule has 0 rings (SSSR count). The van der Waals surface area contributed by atoms with E-state index in [2.05, 4.69) is 74.6 Å². The number of hydrogen-bond donors (Lipinski definition) is 1. The van der Waals surface area contributed by atoms with Crippen molar-refractivity contribution in [3.05, 3.63) is 60.8 Å². The zero-order valence-corrected chi connectivity index (χ0v) is 52.5. The zero-order valence-electron chi connectivity index (χ0n) is 52.5. The molecule has 0 aromatic rings. The minimum Gasteiger partial charge on any atom is -0.477 e. The maximum absolute atomic E-state index is 12.9. The fraction of sp³-hybridized carbons (Fsp3) is 0.814. The molecule has 460 valence electrons. The number of carbonyl (C=O) groups is 3. The van der Waals surface area contributed by atoms with Crippen molar-refractivity contribution >= 4 is 17.9 Å². The van der Waals surface area contributed by atoms with Gasteiger partial charge in [0.2, 0.25) is 0 Å². The number of quaternary nitrogens is 1. The summed E-state index contributed by atoms with van der Waals surface area (Å²) < 4.78 is 22.9. The molecule has 0 spiro atoms. The molecule has 79 heavy (non-hydrogen) atoms. The van der Waals surface area contributed by atoms with Gasteiger partial charge in [0.25, 0.3) is 6.29 Å².